The highest BCUT2D eigenvalue weighted by Gasteiger charge is 2.21. The van der Waals surface area contributed by atoms with Gasteiger partial charge in [-0.15, -0.1) is 0 Å². The molecule has 1 aromatic rings. The molecule has 0 unspecified atom stereocenters. The van der Waals surface area contributed by atoms with Crippen LogP contribution >= 0.6 is 0 Å². The summed E-state index contributed by atoms with van der Waals surface area (Å²) < 4.78 is 11.8. The number of ether oxygens (including phenoxy) is 2. The Kier molecular flexibility index (Phi) is 3.14. The molecule has 2 N–H and O–H groups in total. The minimum atomic E-state index is -0.397. The molecule has 0 bridgehead atoms. The molecule has 1 aliphatic rings. The van der Waals surface area contributed by atoms with E-state index in [1.807, 2.05) is 0 Å². The van der Waals surface area contributed by atoms with E-state index < -0.39 is 5.97 Å². The van der Waals surface area contributed by atoms with E-state index in [-0.39, 0.29) is 0 Å². The highest BCUT2D eigenvalue weighted by atomic mass is 16.5. The number of rotatable bonds is 5. The first-order valence-electron chi connectivity index (χ1n) is 5.32. The number of esters is 1. The fourth-order valence-electron chi connectivity index (χ4n) is 1.52. The Morgan fingerprint density at radius 1 is 1.62 bits per heavy atom. The van der Waals surface area contributed by atoms with Crippen LogP contribution in [0.4, 0.5) is 5.69 Å². The lowest BCUT2D eigenvalue weighted by Gasteiger charge is -2.07. The molecule has 0 aliphatic heterocycles. The number of hydrogen-bond acceptors (Lipinski definition) is 4. The summed E-state index contributed by atoms with van der Waals surface area (Å²) in [6.07, 6.45) is 4.18. The predicted octanol–water partition coefficient (Wildman–Crippen LogP) is 1.24. The van der Waals surface area contributed by atoms with Crippen molar-refractivity contribution >= 4 is 11.7 Å². The van der Waals surface area contributed by atoms with Gasteiger partial charge in [0.25, 0.3) is 0 Å². The molecule has 1 aromatic heterocycles. The van der Waals surface area contributed by atoms with Crippen LogP contribution in [0.25, 0.3) is 0 Å². The third kappa shape index (κ3) is 2.55. The summed E-state index contributed by atoms with van der Waals surface area (Å²) in [5, 5.41) is 0. The van der Waals surface area contributed by atoms with Gasteiger partial charge in [-0.25, -0.2) is 4.79 Å². The molecule has 0 amide bonds. The third-order valence-electron chi connectivity index (χ3n) is 2.59. The number of nitrogens with two attached hydrogens (primary N) is 1. The van der Waals surface area contributed by atoms with E-state index in [1.165, 1.54) is 20.0 Å². The third-order valence-corrected chi connectivity index (χ3v) is 2.59. The van der Waals surface area contributed by atoms with Crippen molar-refractivity contribution in [3.8, 4) is 0 Å². The topological polar surface area (TPSA) is 66.5 Å². The summed E-state index contributed by atoms with van der Waals surface area (Å²) >= 11 is 0. The van der Waals surface area contributed by atoms with Crippen LogP contribution in [-0.4, -0.2) is 24.3 Å². The van der Waals surface area contributed by atoms with Crippen LogP contribution in [0.15, 0.2) is 12.3 Å². The number of hydrogen-bond donors (Lipinski definition) is 1. The van der Waals surface area contributed by atoms with Gasteiger partial charge >= 0.3 is 5.97 Å². The second-order valence-corrected chi connectivity index (χ2v) is 4.06. The molecule has 1 fully saturated rings. The zero-order valence-electron chi connectivity index (χ0n) is 9.31. The summed E-state index contributed by atoms with van der Waals surface area (Å²) in [5.74, 6) is 0.307. The molecule has 5 nitrogen and oxygen atoms in total. The van der Waals surface area contributed by atoms with E-state index in [9.17, 15) is 4.79 Å². The Bertz CT molecular complexity index is 383. The summed E-state index contributed by atoms with van der Waals surface area (Å²) in [6, 6.07) is 1.59. The molecular weight excluding hydrogens is 208 g/mol. The highest BCUT2D eigenvalue weighted by Crippen LogP contribution is 2.28. The maximum absolute atomic E-state index is 11.4. The number of carbonyl (C=O) groups is 1. The maximum Gasteiger partial charge on any atom is 0.354 e. The van der Waals surface area contributed by atoms with E-state index in [0.717, 1.165) is 6.61 Å². The summed E-state index contributed by atoms with van der Waals surface area (Å²) in [7, 11) is 1.35. The molecule has 5 heteroatoms. The lowest BCUT2D eigenvalue weighted by molar-refractivity contribution is 0.0506. The molecule has 0 radical (unpaired) electrons. The Morgan fingerprint density at radius 2 is 2.38 bits per heavy atom. The summed E-state index contributed by atoms with van der Waals surface area (Å²) in [6.45, 7) is 1.09. The average Bonchev–Trinajstić information content (AvgIpc) is 3.01. The standard InChI is InChI=1S/C11H16N2O3/c1-15-11(14)10-4-9(12)5-13(10)7-16-6-8-2-3-8/h4-5,8H,2-3,6-7,12H2,1H3. The van der Waals surface area contributed by atoms with Crippen molar-refractivity contribution in [1.29, 1.82) is 0 Å². The van der Waals surface area contributed by atoms with Crippen molar-refractivity contribution in [1.82, 2.24) is 4.57 Å². The van der Waals surface area contributed by atoms with Crippen LogP contribution in [-0.2, 0) is 16.2 Å². The van der Waals surface area contributed by atoms with Gasteiger partial charge in [-0.05, 0) is 24.8 Å². The minimum Gasteiger partial charge on any atom is -0.464 e. The van der Waals surface area contributed by atoms with E-state index in [2.05, 4.69) is 4.74 Å². The number of nitrogens with zero attached hydrogens (tertiary/aromatic N) is 1. The quantitative estimate of drug-likeness (QED) is 0.764. The molecule has 0 spiro atoms. The average molecular weight is 224 g/mol. The molecule has 1 saturated carbocycles. The van der Waals surface area contributed by atoms with Gasteiger partial charge in [-0.1, -0.05) is 0 Å². The summed E-state index contributed by atoms with van der Waals surface area (Å²) in [5.41, 5.74) is 6.60. The van der Waals surface area contributed by atoms with Crippen LogP contribution in [0.5, 0.6) is 0 Å². The van der Waals surface area contributed by atoms with Crippen molar-refractivity contribution in [3.05, 3.63) is 18.0 Å². The normalized spacial score (nSPS) is 15.1. The molecule has 0 atom stereocenters. The first kappa shape index (κ1) is 11.0. The second kappa shape index (κ2) is 4.57. The van der Waals surface area contributed by atoms with Crippen LogP contribution in [0.2, 0.25) is 0 Å². The number of aromatic nitrogens is 1. The van der Waals surface area contributed by atoms with Gasteiger partial charge < -0.3 is 19.8 Å². The number of anilines is 1. The number of nitrogen functional groups attached to an aromatic ring is 1. The highest BCUT2D eigenvalue weighted by molar-refractivity contribution is 5.88. The SMILES string of the molecule is COC(=O)c1cc(N)cn1COCC1CC1. The Labute approximate surface area is 94.1 Å². The van der Waals surface area contributed by atoms with Gasteiger partial charge in [0, 0.05) is 6.20 Å². The van der Waals surface area contributed by atoms with E-state index >= 15 is 0 Å². The van der Waals surface area contributed by atoms with Crippen LogP contribution in [0.1, 0.15) is 23.3 Å². The van der Waals surface area contributed by atoms with E-state index in [1.54, 1.807) is 16.8 Å². The van der Waals surface area contributed by atoms with Crippen LogP contribution in [0, 0.1) is 5.92 Å². The van der Waals surface area contributed by atoms with Gasteiger partial charge in [0.05, 0.1) is 19.4 Å². The zero-order chi connectivity index (χ0) is 11.5. The Morgan fingerprint density at radius 3 is 3.00 bits per heavy atom. The minimum absolute atomic E-state index is 0.345. The van der Waals surface area contributed by atoms with Gasteiger partial charge in [0.15, 0.2) is 0 Å². The molecule has 1 heterocycles. The Hall–Kier alpha value is -1.49. The molecule has 0 aromatic carbocycles. The molecular formula is C11H16N2O3. The number of methoxy groups -OCH3 is 1. The fourth-order valence-corrected chi connectivity index (χ4v) is 1.52. The first-order chi connectivity index (χ1) is 7.70. The second-order valence-electron chi connectivity index (χ2n) is 4.06. The van der Waals surface area contributed by atoms with Gasteiger partial charge in [0.1, 0.15) is 12.4 Å². The molecule has 0 saturated heterocycles. The van der Waals surface area contributed by atoms with Crippen molar-refractivity contribution in [2.24, 2.45) is 5.92 Å². The van der Waals surface area contributed by atoms with Gasteiger partial charge in [-0.3, -0.25) is 0 Å². The van der Waals surface area contributed by atoms with Crippen LogP contribution in [0.3, 0.4) is 0 Å². The summed E-state index contributed by atoms with van der Waals surface area (Å²) in [4.78, 5) is 11.4. The van der Waals surface area contributed by atoms with Crippen molar-refractivity contribution in [2.75, 3.05) is 19.5 Å². The monoisotopic (exact) mass is 224 g/mol. The van der Waals surface area contributed by atoms with Gasteiger partial charge in [-0.2, -0.15) is 0 Å². The predicted molar refractivity (Wildman–Crippen MR) is 58.9 cm³/mol. The lowest BCUT2D eigenvalue weighted by atomic mass is 10.4. The molecule has 1 aliphatic carbocycles. The maximum atomic E-state index is 11.4. The largest absolute Gasteiger partial charge is 0.464 e. The van der Waals surface area contributed by atoms with E-state index in [0.29, 0.717) is 24.0 Å². The van der Waals surface area contributed by atoms with E-state index in [4.69, 9.17) is 10.5 Å². The van der Waals surface area contributed by atoms with Crippen molar-refractivity contribution < 1.29 is 14.3 Å². The van der Waals surface area contributed by atoms with Crippen molar-refractivity contribution in [3.63, 3.8) is 0 Å². The zero-order valence-corrected chi connectivity index (χ0v) is 9.31. The van der Waals surface area contributed by atoms with Gasteiger partial charge in [0.2, 0.25) is 0 Å². The molecule has 16 heavy (non-hydrogen) atoms. The fraction of sp³-hybridized carbons (Fsp3) is 0.545. The Balaban J connectivity index is 1.97. The number of carbonyl (C=O) groups excluding carboxylic acids is 1. The first-order valence-corrected chi connectivity index (χ1v) is 5.32. The lowest BCUT2D eigenvalue weighted by Crippen LogP contribution is -2.12. The molecule has 88 valence electrons. The van der Waals surface area contributed by atoms with Crippen LogP contribution < -0.4 is 5.73 Å². The smallest absolute Gasteiger partial charge is 0.354 e. The molecule has 2 rings (SSSR count). The van der Waals surface area contributed by atoms with Crippen molar-refractivity contribution in [2.45, 2.75) is 19.6 Å².